The van der Waals surface area contributed by atoms with Crippen LogP contribution in [0.1, 0.15) is 23.8 Å². The minimum atomic E-state index is -3.66. The highest BCUT2D eigenvalue weighted by molar-refractivity contribution is 7.89. The van der Waals surface area contributed by atoms with E-state index in [2.05, 4.69) is 10.0 Å². The third-order valence-corrected chi connectivity index (χ3v) is 4.03. The fourth-order valence-electron chi connectivity index (χ4n) is 1.52. The van der Waals surface area contributed by atoms with E-state index in [1.165, 1.54) is 23.9 Å². The monoisotopic (exact) mass is 289 g/mol. The summed E-state index contributed by atoms with van der Waals surface area (Å²) in [5, 5.41) is 11.5. The molecule has 0 radical (unpaired) electrons. The molecule has 1 atom stereocenters. The fraction of sp³-hybridized carbons (Fsp3) is 0.545. The number of nitrogens with one attached hydrogen (secondary N) is 2. The maximum absolute atomic E-state index is 12.0. The van der Waals surface area contributed by atoms with Gasteiger partial charge >= 0.3 is 0 Å². The summed E-state index contributed by atoms with van der Waals surface area (Å²) in [5.74, 6) is -0.354. The molecule has 0 aliphatic carbocycles. The number of nitrogens with zero attached hydrogens (tertiary/aromatic N) is 1. The first-order valence-corrected chi connectivity index (χ1v) is 7.32. The zero-order chi connectivity index (χ0) is 14.6. The van der Waals surface area contributed by atoms with Crippen molar-refractivity contribution in [3.63, 3.8) is 0 Å². The molecule has 3 N–H and O–H groups in total. The molecule has 0 aliphatic heterocycles. The van der Waals surface area contributed by atoms with Crippen molar-refractivity contribution >= 4 is 15.9 Å². The van der Waals surface area contributed by atoms with Gasteiger partial charge in [-0.05, 0) is 19.4 Å². The molecule has 7 nitrogen and oxygen atoms in total. The molecule has 0 aliphatic rings. The molecule has 1 amide bonds. The van der Waals surface area contributed by atoms with Gasteiger partial charge in [0.2, 0.25) is 10.0 Å². The van der Waals surface area contributed by atoms with Crippen LogP contribution in [0.3, 0.4) is 0 Å². The first-order chi connectivity index (χ1) is 8.77. The highest BCUT2D eigenvalue weighted by Gasteiger charge is 2.19. The maximum atomic E-state index is 12.0. The molecule has 8 heteroatoms. The van der Waals surface area contributed by atoms with Crippen LogP contribution in [0.4, 0.5) is 0 Å². The lowest BCUT2D eigenvalue weighted by Crippen LogP contribution is -2.26. The summed E-state index contributed by atoms with van der Waals surface area (Å²) in [7, 11) is -0.588. The Labute approximate surface area is 112 Å². The molecule has 0 saturated carbocycles. The van der Waals surface area contributed by atoms with E-state index in [1.54, 1.807) is 14.0 Å². The van der Waals surface area contributed by atoms with Crippen molar-refractivity contribution in [2.24, 2.45) is 7.05 Å². The largest absolute Gasteiger partial charge is 0.393 e. The van der Waals surface area contributed by atoms with Crippen molar-refractivity contribution in [3.8, 4) is 0 Å². The predicted octanol–water partition coefficient (Wildman–Crippen LogP) is -0.566. The molecule has 1 heterocycles. The molecule has 19 heavy (non-hydrogen) atoms. The lowest BCUT2D eigenvalue weighted by molar-refractivity contribution is 0.0955. The highest BCUT2D eigenvalue weighted by atomic mass is 32.2. The highest BCUT2D eigenvalue weighted by Crippen LogP contribution is 2.13. The number of sulfonamides is 1. The molecule has 0 aromatic carbocycles. The number of aliphatic hydroxyl groups excluding tert-OH is 1. The van der Waals surface area contributed by atoms with Crippen molar-refractivity contribution in [1.82, 2.24) is 14.6 Å². The molecule has 0 saturated heterocycles. The summed E-state index contributed by atoms with van der Waals surface area (Å²) in [5.41, 5.74) is 0.262. The SMILES string of the molecule is CNC(=O)c1cc(S(=O)(=O)NCCC(C)O)cn1C. The van der Waals surface area contributed by atoms with Gasteiger partial charge in [0.15, 0.2) is 0 Å². The summed E-state index contributed by atoms with van der Waals surface area (Å²) >= 11 is 0. The number of amides is 1. The molecular formula is C11H19N3O4S. The van der Waals surface area contributed by atoms with Gasteiger partial charge in [0, 0.05) is 26.8 Å². The molecule has 0 fully saturated rings. The van der Waals surface area contributed by atoms with E-state index < -0.39 is 16.1 Å². The minimum absolute atomic E-state index is 0.0270. The van der Waals surface area contributed by atoms with E-state index in [4.69, 9.17) is 5.11 Å². The summed E-state index contributed by atoms with van der Waals surface area (Å²) < 4.78 is 27.7. The van der Waals surface area contributed by atoms with Gasteiger partial charge in [-0.1, -0.05) is 0 Å². The van der Waals surface area contributed by atoms with Crippen LogP contribution in [-0.4, -0.2) is 43.7 Å². The summed E-state index contributed by atoms with van der Waals surface area (Å²) in [4.78, 5) is 11.5. The number of aryl methyl sites for hydroxylation is 1. The van der Waals surface area contributed by atoms with Gasteiger partial charge in [-0.25, -0.2) is 13.1 Å². The molecule has 0 spiro atoms. The third-order valence-electron chi connectivity index (χ3n) is 2.60. The maximum Gasteiger partial charge on any atom is 0.267 e. The van der Waals surface area contributed by atoms with Crippen molar-refractivity contribution < 1.29 is 18.3 Å². The molecular weight excluding hydrogens is 270 g/mol. The average molecular weight is 289 g/mol. The number of hydrogen-bond acceptors (Lipinski definition) is 4. The van der Waals surface area contributed by atoms with Gasteiger partial charge in [0.1, 0.15) is 10.6 Å². The van der Waals surface area contributed by atoms with Crippen LogP contribution in [0.5, 0.6) is 0 Å². The lowest BCUT2D eigenvalue weighted by atomic mass is 10.3. The molecule has 1 unspecified atom stereocenters. The Hall–Kier alpha value is -1.38. The summed E-state index contributed by atoms with van der Waals surface area (Å²) in [6.07, 6.45) is 1.13. The quantitative estimate of drug-likeness (QED) is 0.653. The van der Waals surface area contributed by atoms with Crippen LogP contribution < -0.4 is 10.0 Å². The van der Waals surface area contributed by atoms with Gasteiger partial charge in [-0.2, -0.15) is 0 Å². The van der Waals surface area contributed by atoms with Crippen LogP contribution in [0.2, 0.25) is 0 Å². The molecule has 1 aromatic rings. The number of carbonyl (C=O) groups excluding carboxylic acids is 1. The number of aliphatic hydroxyl groups is 1. The topological polar surface area (TPSA) is 100 Å². The summed E-state index contributed by atoms with van der Waals surface area (Å²) in [6, 6.07) is 1.31. The van der Waals surface area contributed by atoms with Crippen molar-refractivity contribution in [3.05, 3.63) is 18.0 Å². The third kappa shape index (κ3) is 4.05. The van der Waals surface area contributed by atoms with E-state index in [1.807, 2.05) is 0 Å². The zero-order valence-electron chi connectivity index (χ0n) is 11.2. The number of hydrogen-bond donors (Lipinski definition) is 3. The zero-order valence-corrected chi connectivity index (χ0v) is 12.0. The van der Waals surface area contributed by atoms with E-state index in [-0.39, 0.29) is 23.0 Å². The van der Waals surface area contributed by atoms with E-state index in [9.17, 15) is 13.2 Å². The average Bonchev–Trinajstić information content (AvgIpc) is 2.70. The Morgan fingerprint density at radius 1 is 1.53 bits per heavy atom. The predicted molar refractivity (Wildman–Crippen MR) is 70.3 cm³/mol. The molecule has 0 bridgehead atoms. The number of aromatic nitrogens is 1. The first-order valence-electron chi connectivity index (χ1n) is 5.84. The second-order valence-electron chi connectivity index (χ2n) is 4.29. The van der Waals surface area contributed by atoms with Crippen LogP contribution in [0.25, 0.3) is 0 Å². The number of carbonyl (C=O) groups is 1. The van der Waals surface area contributed by atoms with E-state index in [0.717, 1.165) is 0 Å². The second-order valence-corrected chi connectivity index (χ2v) is 6.05. The smallest absolute Gasteiger partial charge is 0.267 e. The fourth-order valence-corrected chi connectivity index (χ4v) is 2.64. The van der Waals surface area contributed by atoms with E-state index in [0.29, 0.717) is 6.42 Å². The minimum Gasteiger partial charge on any atom is -0.393 e. The Morgan fingerprint density at radius 2 is 2.16 bits per heavy atom. The van der Waals surface area contributed by atoms with Gasteiger partial charge in [0.05, 0.1) is 6.10 Å². The van der Waals surface area contributed by atoms with Crippen molar-refractivity contribution in [2.75, 3.05) is 13.6 Å². The Morgan fingerprint density at radius 3 is 2.68 bits per heavy atom. The number of rotatable bonds is 6. The van der Waals surface area contributed by atoms with Crippen molar-refractivity contribution in [1.29, 1.82) is 0 Å². The second kappa shape index (κ2) is 6.18. The Kier molecular flexibility index (Phi) is 5.10. The summed E-state index contributed by atoms with van der Waals surface area (Å²) in [6.45, 7) is 1.73. The molecule has 108 valence electrons. The van der Waals surface area contributed by atoms with E-state index >= 15 is 0 Å². The van der Waals surface area contributed by atoms with Crippen LogP contribution in [0.15, 0.2) is 17.2 Å². The molecule has 1 aromatic heterocycles. The van der Waals surface area contributed by atoms with Crippen LogP contribution in [0, 0.1) is 0 Å². The van der Waals surface area contributed by atoms with Crippen LogP contribution in [-0.2, 0) is 17.1 Å². The van der Waals surface area contributed by atoms with Crippen LogP contribution >= 0.6 is 0 Å². The van der Waals surface area contributed by atoms with Gasteiger partial charge in [0.25, 0.3) is 5.91 Å². The normalized spacial score (nSPS) is 13.3. The first kappa shape index (κ1) is 15.7. The standard InChI is InChI=1S/C11H19N3O4S/c1-8(15)4-5-13-19(17,18)9-6-10(11(16)12-2)14(3)7-9/h6-8,13,15H,4-5H2,1-3H3,(H,12,16). The Bertz CT molecular complexity index is 548. The molecule has 1 rings (SSSR count). The van der Waals surface area contributed by atoms with Crippen molar-refractivity contribution in [2.45, 2.75) is 24.3 Å². The lowest BCUT2D eigenvalue weighted by Gasteiger charge is -2.06. The van der Waals surface area contributed by atoms with Gasteiger partial charge in [-0.3, -0.25) is 4.79 Å². The van der Waals surface area contributed by atoms with Gasteiger partial charge in [-0.15, -0.1) is 0 Å². The Balaban J connectivity index is 2.87. The van der Waals surface area contributed by atoms with Gasteiger partial charge < -0.3 is 15.0 Å².